The fourth-order valence-electron chi connectivity index (χ4n) is 2.36. The molecule has 0 bridgehead atoms. The molecule has 1 aromatic carbocycles. The zero-order valence-electron chi connectivity index (χ0n) is 12.8. The van der Waals surface area contributed by atoms with Crippen LogP contribution in [-0.2, 0) is 9.31 Å². The monoisotopic (exact) mass is 274 g/mol. The minimum atomic E-state index is -0.294. The van der Waals surface area contributed by atoms with Gasteiger partial charge in [0, 0.05) is 0 Å². The van der Waals surface area contributed by atoms with Gasteiger partial charge in [-0.2, -0.15) is 0 Å². The molecule has 4 heteroatoms. The van der Waals surface area contributed by atoms with Gasteiger partial charge in [0.15, 0.2) is 0 Å². The summed E-state index contributed by atoms with van der Waals surface area (Å²) in [7, 11) is -0.294. The van der Waals surface area contributed by atoms with Gasteiger partial charge in [0.1, 0.15) is 5.75 Å². The Hall–Kier alpha value is -0.995. The first kappa shape index (κ1) is 14.0. The van der Waals surface area contributed by atoms with Crippen LogP contribution in [-0.4, -0.2) is 24.4 Å². The molecule has 0 atom stereocenters. The molecule has 0 N–H and O–H groups in total. The van der Waals surface area contributed by atoms with Gasteiger partial charge >= 0.3 is 7.12 Å². The third kappa shape index (κ3) is 2.47. The molecule has 0 radical (unpaired) electrons. The molecule has 1 saturated carbocycles. The quantitative estimate of drug-likeness (QED) is 0.793. The smallest absolute Gasteiger partial charge is 0.490 e. The number of hydrogen-bond acceptors (Lipinski definition) is 3. The van der Waals surface area contributed by atoms with Gasteiger partial charge in [-0.15, -0.1) is 0 Å². The maximum Gasteiger partial charge on any atom is 0.494 e. The summed E-state index contributed by atoms with van der Waals surface area (Å²) in [6.07, 6.45) is 4.06. The van der Waals surface area contributed by atoms with Crippen LogP contribution in [0.15, 0.2) is 24.3 Å². The van der Waals surface area contributed by atoms with Crippen molar-refractivity contribution in [2.75, 3.05) is 0 Å². The molecular formula is C16H23BO3. The summed E-state index contributed by atoms with van der Waals surface area (Å²) >= 11 is 0. The first-order chi connectivity index (χ1) is 9.37. The van der Waals surface area contributed by atoms with Gasteiger partial charge in [-0.25, -0.2) is 0 Å². The van der Waals surface area contributed by atoms with E-state index in [2.05, 4.69) is 27.7 Å². The molecule has 2 fully saturated rings. The van der Waals surface area contributed by atoms with Crippen LogP contribution in [0.25, 0.3) is 0 Å². The van der Waals surface area contributed by atoms with Crippen LogP contribution in [0.2, 0.25) is 0 Å². The fourth-order valence-corrected chi connectivity index (χ4v) is 2.36. The molecule has 108 valence electrons. The lowest BCUT2D eigenvalue weighted by molar-refractivity contribution is 0.00578. The zero-order valence-corrected chi connectivity index (χ0v) is 12.8. The Morgan fingerprint density at radius 3 is 2.00 bits per heavy atom. The summed E-state index contributed by atoms with van der Waals surface area (Å²) in [5, 5.41) is 0. The highest BCUT2D eigenvalue weighted by atomic mass is 16.7. The Morgan fingerprint density at radius 2 is 1.55 bits per heavy atom. The van der Waals surface area contributed by atoms with Crippen molar-refractivity contribution in [3.8, 4) is 5.75 Å². The molecular weight excluding hydrogens is 251 g/mol. The first-order valence-electron chi connectivity index (χ1n) is 7.50. The van der Waals surface area contributed by atoms with E-state index in [1.807, 2.05) is 24.3 Å². The molecule has 3 nitrogen and oxygen atoms in total. The molecule has 1 saturated heterocycles. The van der Waals surface area contributed by atoms with Crippen LogP contribution in [0, 0.1) is 0 Å². The molecule has 0 aromatic heterocycles. The minimum absolute atomic E-state index is 0.293. The summed E-state index contributed by atoms with van der Waals surface area (Å²) in [6, 6.07) is 8.10. The van der Waals surface area contributed by atoms with Crippen molar-refractivity contribution < 1.29 is 14.0 Å². The highest BCUT2D eigenvalue weighted by Gasteiger charge is 2.51. The van der Waals surface area contributed by atoms with E-state index in [1.54, 1.807) is 0 Å². The predicted molar refractivity (Wildman–Crippen MR) is 80.4 cm³/mol. The Kier molecular flexibility index (Phi) is 3.34. The van der Waals surface area contributed by atoms with E-state index in [1.165, 1.54) is 19.3 Å². The second-order valence-corrected chi connectivity index (χ2v) is 6.83. The maximum absolute atomic E-state index is 6.04. The van der Waals surface area contributed by atoms with E-state index in [0.29, 0.717) is 6.10 Å². The van der Waals surface area contributed by atoms with Gasteiger partial charge in [0.2, 0.25) is 0 Å². The van der Waals surface area contributed by atoms with Crippen LogP contribution in [0.3, 0.4) is 0 Å². The summed E-state index contributed by atoms with van der Waals surface area (Å²) in [5.41, 5.74) is 0.460. The number of hydrogen-bond donors (Lipinski definition) is 0. The van der Waals surface area contributed by atoms with Crippen LogP contribution in [0.1, 0.15) is 47.0 Å². The van der Waals surface area contributed by atoms with Crippen molar-refractivity contribution in [1.82, 2.24) is 0 Å². The average Bonchev–Trinajstić information content (AvgIpc) is 2.54. The van der Waals surface area contributed by atoms with E-state index in [4.69, 9.17) is 14.0 Å². The van der Waals surface area contributed by atoms with Crippen molar-refractivity contribution in [2.45, 2.75) is 64.3 Å². The summed E-state index contributed by atoms with van der Waals surface area (Å²) in [4.78, 5) is 0. The van der Waals surface area contributed by atoms with Crippen molar-refractivity contribution in [1.29, 1.82) is 0 Å². The van der Waals surface area contributed by atoms with Crippen LogP contribution in [0.4, 0.5) is 0 Å². The van der Waals surface area contributed by atoms with Gasteiger partial charge in [-0.1, -0.05) is 12.1 Å². The Labute approximate surface area is 121 Å². The lowest BCUT2D eigenvalue weighted by atomic mass is 9.79. The summed E-state index contributed by atoms with van der Waals surface area (Å²) in [5.74, 6) is 0.940. The van der Waals surface area contributed by atoms with Gasteiger partial charge in [-0.05, 0) is 64.6 Å². The van der Waals surface area contributed by atoms with Crippen molar-refractivity contribution in [3.63, 3.8) is 0 Å². The lowest BCUT2D eigenvalue weighted by Gasteiger charge is -2.32. The van der Waals surface area contributed by atoms with Gasteiger partial charge in [-0.3, -0.25) is 0 Å². The molecule has 0 amide bonds. The van der Waals surface area contributed by atoms with E-state index >= 15 is 0 Å². The minimum Gasteiger partial charge on any atom is -0.490 e. The molecule has 1 heterocycles. The number of rotatable bonds is 3. The molecule has 3 rings (SSSR count). The van der Waals surface area contributed by atoms with E-state index in [0.717, 1.165) is 11.2 Å². The van der Waals surface area contributed by atoms with Crippen molar-refractivity contribution >= 4 is 12.6 Å². The standard InChI is InChI=1S/C16H23BO3/c1-15(2)16(3,4)20-17(19-15)12-8-10-14(11-9-12)18-13-6-5-7-13/h8-11,13H,5-7H2,1-4H3. The largest absolute Gasteiger partial charge is 0.494 e. The summed E-state index contributed by atoms with van der Waals surface area (Å²) < 4.78 is 17.9. The van der Waals surface area contributed by atoms with Gasteiger partial charge in [0.25, 0.3) is 0 Å². The second kappa shape index (κ2) is 4.78. The average molecular weight is 274 g/mol. The van der Waals surface area contributed by atoms with Gasteiger partial charge < -0.3 is 14.0 Å². The highest BCUT2D eigenvalue weighted by Crippen LogP contribution is 2.36. The van der Waals surface area contributed by atoms with Gasteiger partial charge in [0.05, 0.1) is 17.3 Å². The maximum atomic E-state index is 6.04. The van der Waals surface area contributed by atoms with E-state index < -0.39 is 0 Å². The molecule has 0 unspecified atom stereocenters. The normalized spacial score (nSPS) is 24.5. The van der Waals surface area contributed by atoms with Crippen LogP contribution >= 0.6 is 0 Å². The van der Waals surface area contributed by atoms with E-state index in [9.17, 15) is 0 Å². The molecule has 2 aliphatic rings. The first-order valence-corrected chi connectivity index (χ1v) is 7.50. The Morgan fingerprint density at radius 1 is 1.00 bits per heavy atom. The third-order valence-corrected chi connectivity index (χ3v) is 4.76. The van der Waals surface area contributed by atoms with Crippen molar-refractivity contribution in [3.05, 3.63) is 24.3 Å². The molecule has 20 heavy (non-hydrogen) atoms. The number of benzene rings is 1. The second-order valence-electron chi connectivity index (χ2n) is 6.83. The fraction of sp³-hybridized carbons (Fsp3) is 0.625. The third-order valence-electron chi connectivity index (χ3n) is 4.76. The van der Waals surface area contributed by atoms with Crippen LogP contribution < -0.4 is 10.2 Å². The Bertz CT molecular complexity index is 461. The van der Waals surface area contributed by atoms with Crippen molar-refractivity contribution in [2.24, 2.45) is 0 Å². The Balaban J connectivity index is 1.69. The molecule has 1 aliphatic heterocycles. The van der Waals surface area contributed by atoms with Crippen LogP contribution in [0.5, 0.6) is 5.75 Å². The molecule has 1 aliphatic carbocycles. The topological polar surface area (TPSA) is 27.7 Å². The molecule has 0 spiro atoms. The molecule has 1 aromatic rings. The zero-order chi connectivity index (χ0) is 14.4. The predicted octanol–water partition coefficient (Wildman–Crippen LogP) is 2.92. The SMILES string of the molecule is CC1(C)OB(c2ccc(OC3CCC3)cc2)OC1(C)C. The number of ether oxygens (including phenoxy) is 1. The lowest BCUT2D eigenvalue weighted by Crippen LogP contribution is -2.41. The highest BCUT2D eigenvalue weighted by molar-refractivity contribution is 6.62. The van der Waals surface area contributed by atoms with E-state index in [-0.39, 0.29) is 18.3 Å². The summed E-state index contributed by atoms with van der Waals surface area (Å²) in [6.45, 7) is 8.28.